The molecule has 3 atom stereocenters. The average Bonchev–Trinajstić information content (AvgIpc) is 2.81. The van der Waals surface area contributed by atoms with Crippen molar-refractivity contribution in [2.24, 2.45) is 11.8 Å². The highest BCUT2D eigenvalue weighted by molar-refractivity contribution is 6.01. The lowest BCUT2D eigenvalue weighted by Crippen LogP contribution is -2.48. The summed E-state index contributed by atoms with van der Waals surface area (Å²) in [6.07, 6.45) is 1.55. The van der Waals surface area contributed by atoms with E-state index in [4.69, 9.17) is 0 Å². The number of nitrogens with one attached hydrogen (secondary N) is 1. The lowest BCUT2D eigenvalue weighted by Gasteiger charge is -2.41. The third kappa shape index (κ3) is 2.55. The number of amides is 2. The normalized spacial score (nSPS) is 28.2. The molecular weight excluding hydrogens is 264 g/mol. The predicted molar refractivity (Wildman–Crippen MR) is 82.2 cm³/mol. The first-order chi connectivity index (χ1) is 9.95. The summed E-state index contributed by atoms with van der Waals surface area (Å²) in [4.78, 5) is 26.2. The lowest BCUT2D eigenvalue weighted by molar-refractivity contribution is -0.115. The number of likely N-dealkylation sites (tertiary alicyclic amines) is 1. The first-order valence-corrected chi connectivity index (χ1v) is 7.69. The Kier molecular flexibility index (Phi) is 3.47. The van der Waals surface area contributed by atoms with Gasteiger partial charge in [-0.3, -0.25) is 9.59 Å². The van der Waals surface area contributed by atoms with E-state index in [1.165, 1.54) is 6.42 Å². The highest BCUT2D eigenvalue weighted by Gasteiger charge is 2.32. The van der Waals surface area contributed by atoms with Crippen LogP contribution in [-0.2, 0) is 11.2 Å². The maximum Gasteiger partial charge on any atom is 0.254 e. The number of hydrogen-bond donors (Lipinski definition) is 1. The Hall–Kier alpha value is -1.84. The zero-order valence-corrected chi connectivity index (χ0v) is 12.8. The fraction of sp³-hybridized carbons (Fsp3) is 0.529. The Balaban J connectivity index is 1.85. The van der Waals surface area contributed by atoms with Gasteiger partial charge in [0, 0.05) is 23.8 Å². The summed E-state index contributed by atoms with van der Waals surface area (Å²) in [6, 6.07) is 5.80. The van der Waals surface area contributed by atoms with Gasteiger partial charge in [0.2, 0.25) is 5.91 Å². The molecular formula is C17H22N2O2. The molecule has 0 aliphatic carbocycles. The molecule has 1 aromatic rings. The summed E-state index contributed by atoms with van der Waals surface area (Å²) in [5.41, 5.74) is 2.46. The van der Waals surface area contributed by atoms with Crippen LogP contribution < -0.4 is 5.32 Å². The number of piperidine rings is 1. The SMILES string of the molecule is CC1CC(C)C(C)N(C(=O)c2ccc3c(c2)CC(=O)N3)C1. The first kappa shape index (κ1) is 14.1. The summed E-state index contributed by atoms with van der Waals surface area (Å²) < 4.78 is 0. The van der Waals surface area contributed by atoms with Gasteiger partial charge in [-0.05, 0) is 48.9 Å². The number of hydrogen-bond acceptors (Lipinski definition) is 2. The smallest absolute Gasteiger partial charge is 0.254 e. The topological polar surface area (TPSA) is 49.4 Å². The van der Waals surface area contributed by atoms with E-state index in [1.54, 1.807) is 0 Å². The van der Waals surface area contributed by atoms with Crippen molar-refractivity contribution in [1.29, 1.82) is 0 Å². The van der Waals surface area contributed by atoms with E-state index < -0.39 is 0 Å². The van der Waals surface area contributed by atoms with Gasteiger partial charge in [-0.25, -0.2) is 0 Å². The fourth-order valence-electron chi connectivity index (χ4n) is 3.51. The van der Waals surface area contributed by atoms with Crippen molar-refractivity contribution in [3.8, 4) is 0 Å². The molecule has 4 nitrogen and oxygen atoms in total. The Labute approximate surface area is 125 Å². The molecule has 2 aliphatic rings. The standard InChI is InChI=1S/C17H22N2O2/c1-10-6-11(2)12(3)19(9-10)17(21)13-4-5-15-14(7-13)8-16(20)18-15/h4-5,7,10-12H,6,8-9H2,1-3H3,(H,18,20). The largest absolute Gasteiger partial charge is 0.335 e. The van der Waals surface area contributed by atoms with Crippen LogP contribution in [0.3, 0.4) is 0 Å². The van der Waals surface area contributed by atoms with Gasteiger partial charge in [-0.2, -0.15) is 0 Å². The summed E-state index contributed by atoms with van der Waals surface area (Å²) in [7, 11) is 0. The van der Waals surface area contributed by atoms with Crippen LogP contribution in [0.2, 0.25) is 0 Å². The molecule has 4 heteroatoms. The first-order valence-electron chi connectivity index (χ1n) is 7.69. The van der Waals surface area contributed by atoms with Crippen LogP contribution in [0.4, 0.5) is 5.69 Å². The lowest BCUT2D eigenvalue weighted by atomic mass is 9.85. The molecule has 0 aromatic heterocycles. The quantitative estimate of drug-likeness (QED) is 0.863. The molecule has 2 aliphatic heterocycles. The molecule has 1 saturated heterocycles. The molecule has 1 N–H and O–H groups in total. The van der Waals surface area contributed by atoms with Gasteiger partial charge in [0.1, 0.15) is 0 Å². The molecule has 3 unspecified atom stereocenters. The van der Waals surface area contributed by atoms with Gasteiger partial charge in [0.05, 0.1) is 6.42 Å². The molecule has 2 heterocycles. The van der Waals surface area contributed by atoms with Crippen LogP contribution in [0.5, 0.6) is 0 Å². The van der Waals surface area contributed by atoms with Crippen molar-refractivity contribution in [3.63, 3.8) is 0 Å². The van der Waals surface area contributed by atoms with Crippen molar-refractivity contribution in [1.82, 2.24) is 4.90 Å². The zero-order valence-electron chi connectivity index (χ0n) is 12.8. The number of benzene rings is 1. The van der Waals surface area contributed by atoms with Gasteiger partial charge >= 0.3 is 0 Å². The molecule has 112 valence electrons. The highest BCUT2D eigenvalue weighted by atomic mass is 16.2. The van der Waals surface area contributed by atoms with Crippen molar-refractivity contribution in [2.45, 2.75) is 39.7 Å². The maximum absolute atomic E-state index is 12.8. The van der Waals surface area contributed by atoms with Gasteiger partial charge in [-0.1, -0.05) is 13.8 Å². The van der Waals surface area contributed by atoms with Crippen LogP contribution in [0, 0.1) is 11.8 Å². The molecule has 0 bridgehead atoms. The van der Waals surface area contributed by atoms with E-state index in [1.807, 2.05) is 23.1 Å². The van der Waals surface area contributed by atoms with Crippen molar-refractivity contribution < 1.29 is 9.59 Å². The van der Waals surface area contributed by atoms with Crippen molar-refractivity contribution in [3.05, 3.63) is 29.3 Å². The van der Waals surface area contributed by atoms with E-state index >= 15 is 0 Å². The molecule has 3 rings (SSSR count). The third-order valence-electron chi connectivity index (χ3n) is 4.84. The second-order valence-corrected chi connectivity index (χ2v) is 6.61. The molecule has 0 radical (unpaired) electrons. The van der Waals surface area contributed by atoms with Crippen LogP contribution in [0.1, 0.15) is 43.1 Å². The molecule has 0 spiro atoms. The summed E-state index contributed by atoms with van der Waals surface area (Å²) in [5, 5.41) is 2.80. The molecule has 21 heavy (non-hydrogen) atoms. The second-order valence-electron chi connectivity index (χ2n) is 6.61. The van der Waals surface area contributed by atoms with Crippen LogP contribution in [-0.4, -0.2) is 29.3 Å². The van der Waals surface area contributed by atoms with Crippen molar-refractivity contribution in [2.75, 3.05) is 11.9 Å². The summed E-state index contributed by atoms with van der Waals surface area (Å²) in [5.74, 6) is 1.15. The van der Waals surface area contributed by atoms with E-state index in [2.05, 4.69) is 26.1 Å². The number of carbonyl (C=O) groups is 2. The van der Waals surface area contributed by atoms with E-state index in [0.717, 1.165) is 17.8 Å². The maximum atomic E-state index is 12.8. The minimum atomic E-state index is 0.00295. The summed E-state index contributed by atoms with van der Waals surface area (Å²) in [6.45, 7) is 7.37. The van der Waals surface area contributed by atoms with E-state index in [9.17, 15) is 9.59 Å². The molecule has 1 aromatic carbocycles. The van der Waals surface area contributed by atoms with Gasteiger partial charge in [-0.15, -0.1) is 0 Å². The molecule has 2 amide bonds. The number of anilines is 1. The Morgan fingerprint density at radius 3 is 2.81 bits per heavy atom. The van der Waals surface area contributed by atoms with Gasteiger partial charge < -0.3 is 10.2 Å². The van der Waals surface area contributed by atoms with Gasteiger partial charge in [0.15, 0.2) is 0 Å². The molecule has 0 saturated carbocycles. The number of carbonyl (C=O) groups excluding carboxylic acids is 2. The van der Waals surface area contributed by atoms with Gasteiger partial charge in [0.25, 0.3) is 5.91 Å². The zero-order chi connectivity index (χ0) is 15.1. The van der Waals surface area contributed by atoms with Crippen molar-refractivity contribution >= 4 is 17.5 Å². The predicted octanol–water partition coefficient (Wildman–Crippen LogP) is 2.69. The molecule has 1 fully saturated rings. The van der Waals surface area contributed by atoms with E-state index in [0.29, 0.717) is 23.8 Å². The Bertz CT molecular complexity index is 596. The Morgan fingerprint density at radius 1 is 1.29 bits per heavy atom. The minimum absolute atomic E-state index is 0.00295. The third-order valence-corrected chi connectivity index (χ3v) is 4.84. The minimum Gasteiger partial charge on any atom is -0.335 e. The second kappa shape index (κ2) is 5.17. The van der Waals surface area contributed by atoms with Crippen LogP contribution in [0.25, 0.3) is 0 Å². The summed E-state index contributed by atoms with van der Waals surface area (Å²) >= 11 is 0. The van der Waals surface area contributed by atoms with Crippen LogP contribution >= 0.6 is 0 Å². The van der Waals surface area contributed by atoms with Crippen LogP contribution in [0.15, 0.2) is 18.2 Å². The number of rotatable bonds is 1. The van der Waals surface area contributed by atoms with E-state index in [-0.39, 0.29) is 17.9 Å². The number of nitrogens with zero attached hydrogens (tertiary/aromatic N) is 1. The average molecular weight is 286 g/mol. The monoisotopic (exact) mass is 286 g/mol. The highest BCUT2D eigenvalue weighted by Crippen LogP contribution is 2.30. The number of fused-ring (bicyclic) bond motifs is 1. The fourth-order valence-corrected chi connectivity index (χ4v) is 3.51. The Morgan fingerprint density at radius 2 is 2.05 bits per heavy atom.